The molecule has 3 amide bonds. The molecule has 27 heavy (non-hydrogen) atoms. The maximum Gasteiger partial charge on any atom is 0.331 e. The molecule has 0 unspecified atom stereocenters. The molecule has 142 valence electrons. The van der Waals surface area contributed by atoms with Crippen LogP contribution in [-0.4, -0.2) is 35.0 Å². The zero-order chi connectivity index (χ0) is 19.2. The van der Waals surface area contributed by atoms with Crippen molar-refractivity contribution in [3.05, 3.63) is 36.2 Å². The van der Waals surface area contributed by atoms with E-state index in [1.807, 2.05) is 12.1 Å². The van der Waals surface area contributed by atoms with Gasteiger partial charge in [-0.15, -0.1) is 0 Å². The van der Waals surface area contributed by atoms with Crippen LogP contribution in [0, 0.1) is 0 Å². The second-order valence-corrected chi connectivity index (χ2v) is 6.38. The van der Waals surface area contributed by atoms with Crippen molar-refractivity contribution in [2.75, 3.05) is 0 Å². The van der Waals surface area contributed by atoms with E-state index in [-0.39, 0.29) is 11.9 Å². The Hall–Kier alpha value is -3.16. The summed E-state index contributed by atoms with van der Waals surface area (Å²) in [7, 11) is 0. The third-order valence-corrected chi connectivity index (χ3v) is 4.26. The van der Waals surface area contributed by atoms with Crippen LogP contribution in [-0.2, 0) is 14.3 Å². The minimum Gasteiger partial charge on any atom is -0.449 e. The number of amides is 3. The maximum absolute atomic E-state index is 12.0. The Morgan fingerprint density at radius 1 is 1.26 bits per heavy atom. The van der Waals surface area contributed by atoms with Gasteiger partial charge in [-0.2, -0.15) is 0 Å². The number of hydrogen-bond donors (Lipinski definition) is 2. The Labute approximate surface area is 156 Å². The summed E-state index contributed by atoms with van der Waals surface area (Å²) in [6.45, 7) is 1.39. The van der Waals surface area contributed by atoms with E-state index in [2.05, 4.69) is 15.6 Å². The summed E-state index contributed by atoms with van der Waals surface area (Å²) >= 11 is 0. The van der Waals surface area contributed by atoms with E-state index >= 15 is 0 Å². The summed E-state index contributed by atoms with van der Waals surface area (Å²) in [4.78, 5) is 39.8. The molecule has 2 N–H and O–H groups in total. The molecule has 0 radical (unpaired) electrons. The molecule has 1 aromatic carbocycles. The van der Waals surface area contributed by atoms with Gasteiger partial charge in [0.1, 0.15) is 5.52 Å². The third-order valence-electron chi connectivity index (χ3n) is 4.26. The lowest BCUT2D eigenvalue weighted by molar-refractivity contribution is -0.149. The van der Waals surface area contributed by atoms with E-state index in [1.54, 1.807) is 12.1 Å². The number of ether oxygens (including phenoxy) is 1. The van der Waals surface area contributed by atoms with Crippen LogP contribution in [0.4, 0.5) is 4.79 Å². The van der Waals surface area contributed by atoms with E-state index < -0.39 is 24.0 Å². The standard InChI is InChI=1S/C19H21N3O5/c1-12(18(24)22-19(25)20-13-6-2-3-7-13)26-17(23)11-10-16-21-14-8-4-5-9-15(14)27-16/h4-5,8-13H,2-3,6-7H2,1H3,(H2,20,22,24,25)/b11-10+/t12-/m0/s1. The minimum absolute atomic E-state index is 0.0925. The SMILES string of the molecule is C[C@H](OC(=O)/C=C/c1nc2ccccc2o1)C(=O)NC(=O)NC1CCCC1. The number of rotatable bonds is 5. The van der Waals surface area contributed by atoms with Crippen LogP contribution < -0.4 is 10.6 Å². The zero-order valence-electron chi connectivity index (χ0n) is 14.9. The first-order chi connectivity index (χ1) is 13.0. The Bertz CT molecular complexity index is 834. The largest absolute Gasteiger partial charge is 0.449 e. The molecule has 0 aliphatic heterocycles. The van der Waals surface area contributed by atoms with E-state index in [1.165, 1.54) is 13.0 Å². The number of para-hydroxylation sites is 2. The molecule has 2 aromatic rings. The van der Waals surface area contributed by atoms with Gasteiger partial charge in [-0.05, 0) is 31.9 Å². The van der Waals surface area contributed by atoms with Crippen LogP contribution in [0.15, 0.2) is 34.8 Å². The highest BCUT2D eigenvalue weighted by Gasteiger charge is 2.22. The summed E-state index contributed by atoms with van der Waals surface area (Å²) in [5.41, 5.74) is 1.28. The smallest absolute Gasteiger partial charge is 0.331 e. The fraction of sp³-hybridized carbons (Fsp3) is 0.368. The summed E-state index contributed by atoms with van der Waals surface area (Å²) in [5, 5.41) is 4.91. The Balaban J connectivity index is 1.47. The molecule has 8 heteroatoms. The van der Waals surface area contributed by atoms with Crippen LogP contribution in [0.3, 0.4) is 0 Å². The lowest BCUT2D eigenvalue weighted by Crippen LogP contribution is -2.47. The number of oxazole rings is 1. The number of aromatic nitrogens is 1. The molecule has 3 rings (SSSR count). The van der Waals surface area contributed by atoms with E-state index in [0.717, 1.165) is 31.8 Å². The number of benzene rings is 1. The van der Waals surface area contributed by atoms with Crippen molar-refractivity contribution in [2.24, 2.45) is 0 Å². The molecule has 1 aliphatic carbocycles. The van der Waals surface area contributed by atoms with Gasteiger partial charge in [0.25, 0.3) is 5.91 Å². The van der Waals surface area contributed by atoms with Gasteiger partial charge in [0, 0.05) is 18.2 Å². The maximum atomic E-state index is 12.0. The number of carbonyl (C=O) groups is 3. The number of esters is 1. The zero-order valence-corrected chi connectivity index (χ0v) is 14.9. The number of nitrogens with zero attached hydrogens (tertiary/aromatic N) is 1. The molecular weight excluding hydrogens is 350 g/mol. The molecule has 8 nitrogen and oxygen atoms in total. The quantitative estimate of drug-likeness (QED) is 0.617. The highest BCUT2D eigenvalue weighted by atomic mass is 16.5. The fourth-order valence-electron chi connectivity index (χ4n) is 2.87. The average Bonchev–Trinajstić information content (AvgIpc) is 3.28. The van der Waals surface area contributed by atoms with Crippen LogP contribution in [0.1, 0.15) is 38.5 Å². The predicted octanol–water partition coefficient (Wildman–Crippen LogP) is 2.54. The first kappa shape index (κ1) is 18.6. The van der Waals surface area contributed by atoms with E-state index in [4.69, 9.17) is 9.15 Å². The van der Waals surface area contributed by atoms with Gasteiger partial charge in [-0.25, -0.2) is 14.6 Å². The van der Waals surface area contributed by atoms with Crippen LogP contribution in [0.5, 0.6) is 0 Å². The van der Waals surface area contributed by atoms with Crippen molar-refractivity contribution < 1.29 is 23.5 Å². The number of carbonyl (C=O) groups excluding carboxylic acids is 3. The van der Waals surface area contributed by atoms with Gasteiger partial charge in [0.05, 0.1) is 0 Å². The van der Waals surface area contributed by atoms with Crippen molar-refractivity contribution >= 4 is 35.1 Å². The van der Waals surface area contributed by atoms with Crippen molar-refractivity contribution in [2.45, 2.75) is 44.8 Å². The van der Waals surface area contributed by atoms with Crippen LogP contribution >= 0.6 is 0 Å². The average molecular weight is 371 g/mol. The van der Waals surface area contributed by atoms with Gasteiger partial charge in [-0.1, -0.05) is 25.0 Å². The normalized spacial score (nSPS) is 15.7. The molecule has 0 bridgehead atoms. The number of hydrogen-bond acceptors (Lipinski definition) is 6. The van der Waals surface area contributed by atoms with Gasteiger partial charge in [0.15, 0.2) is 11.7 Å². The number of imide groups is 1. The summed E-state index contributed by atoms with van der Waals surface area (Å²) in [6, 6.07) is 6.72. The lowest BCUT2D eigenvalue weighted by atomic mass is 10.2. The van der Waals surface area contributed by atoms with Crippen LogP contribution in [0.2, 0.25) is 0 Å². The monoisotopic (exact) mass is 371 g/mol. The fourth-order valence-corrected chi connectivity index (χ4v) is 2.87. The molecule has 1 aromatic heterocycles. The lowest BCUT2D eigenvalue weighted by Gasteiger charge is -2.14. The second-order valence-electron chi connectivity index (χ2n) is 6.38. The van der Waals surface area contributed by atoms with Crippen molar-refractivity contribution in [3.8, 4) is 0 Å². The van der Waals surface area contributed by atoms with Gasteiger partial charge < -0.3 is 14.5 Å². The van der Waals surface area contributed by atoms with E-state index in [0.29, 0.717) is 11.1 Å². The number of nitrogens with one attached hydrogen (secondary N) is 2. The Morgan fingerprint density at radius 3 is 2.74 bits per heavy atom. The number of urea groups is 1. The van der Waals surface area contributed by atoms with Gasteiger partial charge >= 0.3 is 12.0 Å². The van der Waals surface area contributed by atoms with Crippen molar-refractivity contribution in [1.82, 2.24) is 15.6 Å². The molecule has 0 saturated heterocycles. The van der Waals surface area contributed by atoms with Crippen LogP contribution in [0.25, 0.3) is 17.2 Å². The topological polar surface area (TPSA) is 111 Å². The second kappa shape index (κ2) is 8.48. The first-order valence-corrected chi connectivity index (χ1v) is 8.87. The van der Waals surface area contributed by atoms with E-state index in [9.17, 15) is 14.4 Å². The first-order valence-electron chi connectivity index (χ1n) is 8.87. The summed E-state index contributed by atoms with van der Waals surface area (Å²) in [5.74, 6) is -1.17. The molecule has 1 aliphatic rings. The molecule has 0 spiro atoms. The molecule has 1 heterocycles. The van der Waals surface area contributed by atoms with Crippen molar-refractivity contribution in [1.29, 1.82) is 0 Å². The molecular formula is C19H21N3O5. The molecule has 1 fully saturated rings. The summed E-state index contributed by atoms with van der Waals surface area (Å²) < 4.78 is 10.4. The highest BCUT2D eigenvalue weighted by Crippen LogP contribution is 2.17. The minimum atomic E-state index is -1.11. The summed E-state index contributed by atoms with van der Waals surface area (Å²) in [6.07, 6.45) is 5.32. The third kappa shape index (κ3) is 5.16. The van der Waals surface area contributed by atoms with Gasteiger partial charge in [-0.3, -0.25) is 10.1 Å². The molecule has 1 saturated carbocycles. The molecule has 1 atom stereocenters. The Kier molecular flexibility index (Phi) is 5.85. The highest BCUT2D eigenvalue weighted by molar-refractivity contribution is 5.98. The van der Waals surface area contributed by atoms with Crippen molar-refractivity contribution in [3.63, 3.8) is 0 Å². The van der Waals surface area contributed by atoms with Gasteiger partial charge in [0.2, 0.25) is 5.89 Å². The number of fused-ring (bicyclic) bond motifs is 1. The Morgan fingerprint density at radius 2 is 2.00 bits per heavy atom. The predicted molar refractivity (Wildman–Crippen MR) is 97.5 cm³/mol.